The summed E-state index contributed by atoms with van der Waals surface area (Å²) in [6.45, 7) is 0. The lowest BCUT2D eigenvalue weighted by molar-refractivity contribution is 0.502. The van der Waals surface area contributed by atoms with Gasteiger partial charge in [0.05, 0.1) is 4.47 Å². The molecule has 2 aromatic rings. The molecule has 1 aromatic carbocycles. The molecule has 2 N–H and O–H groups in total. The summed E-state index contributed by atoms with van der Waals surface area (Å²) in [5.41, 5.74) is 5.88. The Kier molecular flexibility index (Phi) is 5.07. The molecule has 1 atom stereocenters. The van der Waals surface area contributed by atoms with Crippen LogP contribution in [0.15, 0.2) is 34.1 Å². The van der Waals surface area contributed by atoms with Gasteiger partial charge in [0.2, 0.25) is 0 Å². The van der Waals surface area contributed by atoms with Crippen LogP contribution < -0.4 is 5.73 Å². The Morgan fingerprint density at radius 2 is 2.05 bits per heavy atom. The first-order valence-corrected chi connectivity index (χ1v) is 7.68. The van der Waals surface area contributed by atoms with Gasteiger partial charge in [-0.25, -0.2) is 8.78 Å². The number of rotatable bonds is 5. The van der Waals surface area contributed by atoms with E-state index in [9.17, 15) is 8.78 Å². The fourth-order valence-electron chi connectivity index (χ4n) is 1.98. The van der Waals surface area contributed by atoms with Gasteiger partial charge in [-0.05, 0) is 58.8 Å². The summed E-state index contributed by atoms with van der Waals surface area (Å²) in [7, 11) is 0. The third kappa shape index (κ3) is 3.61. The molecule has 0 radical (unpaired) electrons. The predicted octanol–water partition coefficient (Wildman–Crippen LogP) is 4.81. The van der Waals surface area contributed by atoms with Crippen LogP contribution >= 0.6 is 27.3 Å². The van der Waals surface area contributed by atoms with Gasteiger partial charge in [-0.1, -0.05) is 6.07 Å². The Bertz CT molecular complexity index is 543. The van der Waals surface area contributed by atoms with Gasteiger partial charge in [0.25, 0.3) is 0 Å². The fourth-order valence-corrected chi connectivity index (χ4v) is 3.08. The first-order chi connectivity index (χ1) is 9.09. The fraction of sp³-hybridized carbons (Fsp3) is 0.286. The molecule has 102 valence electrons. The number of nitrogens with two attached hydrogens (primary N) is 1. The van der Waals surface area contributed by atoms with Crippen LogP contribution in [0.3, 0.4) is 0 Å². The molecule has 0 spiro atoms. The molecular weight excluding hydrogens is 332 g/mol. The Hall–Kier alpha value is -0.780. The predicted molar refractivity (Wildman–Crippen MR) is 78.2 cm³/mol. The Balaban J connectivity index is 2.00. The Morgan fingerprint density at radius 1 is 1.26 bits per heavy atom. The first kappa shape index (κ1) is 14.6. The number of aryl methyl sites for hydroxylation is 1. The lowest BCUT2D eigenvalue weighted by atomic mass is 10.0. The second-order valence-corrected chi connectivity index (χ2v) is 6.22. The van der Waals surface area contributed by atoms with Crippen molar-refractivity contribution < 1.29 is 8.78 Å². The summed E-state index contributed by atoms with van der Waals surface area (Å²) >= 11 is 4.74. The molecule has 2 rings (SSSR count). The van der Waals surface area contributed by atoms with E-state index in [-0.39, 0.29) is 10.0 Å². The van der Waals surface area contributed by atoms with Gasteiger partial charge in [-0.15, -0.1) is 11.3 Å². The zero-order valence-corrected chi connectivity index (χ0v) is 12.6. The van der Waals surface area contributed by atoms with Crippen molar-refractivity contribution >= 4 is 27.3 Å². The third-order valence-corrected chi connectivity index (χ3v) is 4.52. The molecule has 0 amide bonds. The summed E-state index contributed by atoms with van der Waals surface area (Å²) < 4.78 is 27.7. The smallest absolute Gasteiger partial charge is 0.145 e. The van der Waals surface area contributed by atoms with Gasteiger partial charge in [0.1, 0.15) is 11.6 Å². The molecule has 1 unspecified atom stereocenters. The zero-order valence-electron chi connectivity index (χ0n) is 10.2. The quantitative estimate of drug-likeness (QED) is 0.773. The summed E-state index contributed by atoms with van der Waals surface area (Å²) in [4.78, 5) is 1.27. The van der Waals surface area contributed by atoms with E-state index in [2.05, 4.69) is 22.0 Å². The van der Waals surface area contributed by atoms with E-state index in [1.807, 2.05) is 11.4 Å². The van der Waals surface area contributed by atoms with E-state index >= 15 is 0 Å². The van der Waals surface area contributed by atoms with Gasteiger partial charge >= 0.3 is 0 Å². The summed E-state index contributed by atoms with van der Waals surface area (Å²) in [5.74, 6) is -1.17. The van der Waals surface area contributed by atoms with E-state index in [1.54, 1.807) is 11.3 Å². The largest absolute Gasteiger partial charge is 0.324 e. The van der Waals surface area contributed by atoms with E-state index < -0.39 is 17.7 Å². The maximum atomic E-state index is 13.8. The lowest BCUT2D eigenvalue weighted by Crippen LogP contribution is -2.14. The molecule has 0 saturated heterocycles. The molecule has 5 heteroatoms. The zero-order chi connectivity index (χ0) is 13.8. The molecule has 1 nitrogen and oxygen atoms in total. The van der Waals surface area contributed by atoms with E-state index in [0.29, 0.717) is 6.42 Å². The van der Waals surface area contributed by atoms with Crippen molar-refractivity contribution in [2.75, 3.05) is 0 Å². The molecule has 1 aromatic heterocycles. The maximum absolute atomic E-state index is 13.8. The van der Waals surface area contributed by atoms with Gasteiger partial charge in [-0.2, -0.15) is 0 Å². The highest BCUT2D eigenvalue weighted by atomic mass is 79.9. The number of halogens is 3. The van der Waals surface area contributed by atoms with Crippen LogP contribution in [-0.2, 0) is 6.42 Å². The Labute approximate surface area is 123 Å². The minimum atomic E-state index is -0.613. The van der Waals surface area contributed by atoms with Gasteiger partial charge in [-0.3, -0.25) is 0 Å². The van der Waals surface area contributed by atoms with Crippen LogP contribution in [0.1, 0.15) is 29.3 Å². The molecule has 0 aliphatic carbocycles. The van der Waals surface area contributed by atoms with E-state index in [4.69, 9.17) is 5.73 Å². The summed E-state index contributed by atoms with van der Waals surface area (Å²) in [6, 6.07) is 6.02. The average molecular weight is 346 g/mol. The normalized spacial score (nSPS) is 12.6. The SMILES string of the molecule is NC(CCCc1cccs1)c1c(F)ccc(Br)c1F. The highest BCUT2D eigenvalue weighted by Gasteiger charge is 2.18. The topological polar surface area (TPSA) is 26.0 Å². The van der Waals surface area contributed by atoms with Crippen LogP contribution in [0, 0.1) is 11.6 Å². The molecule has 0 saturated carbocycles. The second-order valence-electron chi connectivity index (χ2n) is 4.33. The first-order valence-electron chi connectivity index (χ1n) is 6.01. The minimum absolute atomic E-state index is 0.0273. The van der Waals surface area contributed by atoms with Crippen molar-refractivity contribution in [1.29, 1.82) is 0 Å². The van der Waals surface area contributed by atoms with Crippen molar-refractivity contribution in [3.63, 3.8) is 0 Å². The van der Waals surface area contributed by atoms with Crippen LogP contribution in [0.5, 0.6) is 0 Å². The summed E-state index contributed by atoms with van der Waals surface area (Å²) in [5, 5.41) is 2.02. The van der Waals surface area contributed by atoms with Crippen molar-refractivity contribution in [2.45, 2.75) is 25.3 Å². The van der Waals surface area contributed by atoms with Crippen molar-refractivity contribution in [3.05, 3.63) is 56.2 Å². The van der Waals surface area contributed by atoms with Gasteiger partial charge in [0, 0.05) is 16.5 Å². The second kappa shape index (κ2) is 6.59. The van der Waals surface area contributed by atoms with E-state index in [0.717, 1.165) is 12.8 Å². The van der Waals surface area contributed by atoms with Crippen LogP contribution in [-0.4, -0.2) is 0 Å². The molecule has 1 heterocycles. The number of thiophene rings is 1. The number of hydrogen-bond acceptors (Lipinski definition) is 2. The number of benzene rings is 1. The lowest BCUT2D eigenvalue weighted by Gasteiger charge is -2.14. The van der Waals surface area contributed by atoms with Gasteiger partial charge < -0.3 is 5.73 Å². The molecule has 0 aliphatic rings. The van der Waals surface area contributed by atoms with Crippen LogP contribution in [0.2, 0.25) is 0 Å². The van der Waals surface area contributed by atoms with Crippen molar-refractivity contribution in [2.24, 2.45) is 5.73 Å². The molecule has 19 heavy (non-hydrogen) atoms. The molecular formula is C14H14BrF2NS. The maximum Gasteiger partial charge on any atom is 0.145 e. The standard InChI is InChI=1S/C14H14BrF2NS/c15-10-6-7-11(16)13(14(10)17)12(18)5-1-3-9-4-2-8-19-9/h2,4,6-8,12H,1,3,5,18H2. The minimum Gasteiger partial charge on any atom is -0.324 e. The van der Waals surface area contributed by atoms with Crippen LogP contribution in [0.4, 0.5) is 8.78 Å². The van der Waals surface area contributed by atoms with Crippen LogP contribution in [0.25, 0.3) is 0 Å². The highest BCUT2D eigenvalue weighted by molar-refractivity contribution is 9.10. The Morgan fingerprint density at radius 3 is 2.74 bits per heavy atom. The molecule has 0 aliphatic heterocycles. The van der Waals surface area contributed by atoms with Gasteiger partial charge in [0.15, 0.2) is 0 Å². The van der Waals surface area contributed by atoms with E-state index in [1.165, 1.54) is 17.0 Å². The van der Waals surface area contributed by atoms with Crippen molar-refractivity contribution in [3.8, 4) is 0 Å². The average Bonchev–Trinajstić information content (AvgIpc) is 2.87. The molecule has 0 fully saturated rings. The summed E-state index contributed by atoms with van der Waals surface area (Å²) in [6.07, 6.45) is 2.26. The van der Waals surface area contributed by atoms with Crippen molar-refractivity contribution in [1.82, 2.24) is 0 Å². The molecule has 0 bridgehead atoms. The third-order valence-electron chi connectivity index (χ3n) is 2.97. The number of hydrogen-bond donors (Lipinski definition) is 1. The highest BCUT2D eigenvalue weighted by Crippen LogP contribution is 2.28. The monoisotopic (exact) mass is 345 g/mol.